The van der Waals surface area contributed by atoms with Crippen LogP contribution >= 0.6 is 0 Å². The number of hydrogen-bond acceptors (Lipinski definition) is 5. The van der Waals surface area contributed by atoms with E-state index in [1.165, 1.54) is 49.2 Å². The maximum Gasteiger partial charge on any atom is 0.119 e. The molecule has 0 spiro atoms. The predicted molar refractivity (Wildman–Crippen MR) is 126 cm³/mol. The van der Waals surface area contributed by atoms with E-state index in [1.54, 1.807) is 0 Å². The van der Waals surface area contributed by atoms with Crippen LogP contribution in [0, 0.1) is 0 Å². The van der Waals surface area contributed by atoms with Gasteiger partial charge in [-0.05, 0) is 61.7 Å². The van der Waals surface area contributed by atoms with Crippen molar-refractivity contribution in [1.82, 2.24) is 24.8 Å². The molecule has 32 heavy (non-hydrogen) atoms. The number of nitrogens with zero attached hydrogens (tertiary/aromatic N) is 4. The van der Waals surface area contributed by atoms with Gasteiger partial charge in [0.1, 0.15) is 5.75 Å². The van der Waals surface area contributed by atoms with E-state index in [1.807, 2.05) is 24.8 Å². The smallest absolute Gasteiger partial charge is 0.119 e. The lowest BCUT2D eigenvalue weighted by molar-refractivity contribution is 0.198. The van der Waals surface area contributed by atoms with Crippen molar-refractivity contribution in [2.75, 3.05) is 32.8 Å². The van der Waals surface area contributed by atoms with E-state index in [9.17, 15) is 0 Å². The Bertz CT molecular complexity index is 983. The first-order chi connectivity index (χ1) is 15.9. The van der Waals surface area contributed by atoms with E-state index in [0.717, 1.165) is 50.5 Å². The molecule has 4 heterocycles. The maximum atomic E-state index is 6.11. The Morgan fingerprint density at radius 2 is 2.00 bits per heavy atom. The fourth-order valence-electron chi connectivity index (χ4n) is 5.03. The van der Waals surface area contributed by atoms with Gasteiger partial charge in [-0.2, -0.15) is 0 Å². The van der Waals surface area contributed by atoms with Crippen LogP contribution in [-0.2, 0) is 13.0 Å². The molecule has 168 valence electrons. The van der Waals surface area contributed by atoms with Crippen LogP contribution in [0.5, 0.6) is 5.75 Å². The van der Waals surface area contributed by atoms with Gasteiger partial charge in [-0.15, -0.1) is 0 Å². The average Bonchev–Trinajstić information content (AvgIpc) is 3.32. The summed E-state index contributed by atoms with van der Waals surface area (Å²) in [4.78, 5) is 17.4. The number of H-pyrrole nitrogens is 1. The molecular formula is C26H33N5O. The zero-order chi connectivity index (χ0) is 21.6. The van der Waals surface area contributed by atoms with Crippen LogP contribution in [0.4, 0.5) is 0 Å². The summed E-state index contributed by atoms with van der Waals surface area (Å²) in [6, 6.07) is 12.8. The molecule has 0 bridgehead atoms. The van der Waals surface area contributed by atoms with Crippen molar-refractivity contribution >= 4 is 0 Å². The van der Waals surface area contributed by atoms with Crippen LogP contribution in [0.1, 0.15) is 54.2 Å². The zero-order valence-corrected chi connectivity index (χ0v) is 18.7. The molecule has 3 aromatic rings. The number of likely N-dealkylation sites (tertiary alicyclic amines) is 1. The highest BCUT2D eigenvalue weighted by atomic mass is 16.5. The minimum atomic E-state index is 0.118. The van der Waals surface area contributed by atoms with Crippen molar-refractivity contribution < 1.29 is 4.74 Å². The van der Waals surface area contributed by atoms with Gasteiger partial charge in [0.2, 0.25) is 0 Å². The third-order valence-electron chi connectivity index (χ3n) is 6.65. The van der Waals surface area contributed by atoms with E-state index in [0.29, 0.717) is 0 Å². The van der Waals surface area contributed by atoms with Gasteiger partial charge in [0.05, 0.1) is 24.7 Å². The lowest BCUT2D eigenvalue weighted by Crippen LogP contribution is -2.35. The maximum absolute atomic E-state index is 6.11. The number of piperidine rings is 1. The number of ether oxygens (including phenoxy) is 1. The fraction of sp³-hybridized carbons (Fsp3) is 0.462. The van der Waals surface area contributed by atoms with E-state index in [2.05, 4.69) is 55.1 Å². The molecule has 2 aliphatic heterocycles. The molecule has 6 nitrogen and oxygen atoms in total. The lowest BCUT2D eigenvalue weighted by Gasteiger charge is -2.35. The number of nitrogens with one attached hydrogen (secondary N) is 1. The molecule has 2 aliphatic rings. The first kappa shape index (κ1) is 21.2. The number of rotatable bonds is 8. The van der Waals surface area contributed by atoms with Crippen molar-refractivity contribution in [1.29, 1.82) is 0 Å². The molecule has 0 radical (unpaired) electrons. The summed E-state index contributed by atoms with van der Waals surface area (Å²) in [5.74, 6) is 0.969. The van der Waals surface area contributed by atoms with E-state index in [-0.39, 0.29) is 6.04 Å². The number of hydrogen-bond donors (Lipinski definition) is 1. The third-order valence-corrected chi connectivity index (χ3v) is 6.65. The van der Waals surface area contributed by atoms with E-state index >= 15 is 0 Å². The summed E-state index contributed by atoms with van der Waals surface area (Å²) >= 11 is 0. The molecule has 1 saturated heterocycles. The van der Waals surface area contributed by atoms with E-state index in [4.69, 9.17) is 4.74 Å². The molecule has 1 N–H and O–H groups in total. The molecular weight excluding hydrogens is 398 g/mol. The highest BCUT2D eigenvalue weighted by Crippen LogP contribution is 2.34. The first-order valence-corrected chi connectivity index (χ1v) is 12.0. The Hall–Kier alpha value is -2.70. The Morgan fingerprint density at radius 1 is 1.06 bits per heavy atom. The molecule has 2 aromatic heterocycles. The summed E-state index contributed by atoms with van der Waals surface area (Å²) in [7, 11) is 0. The Labute approximate surface area is 190 Å². The van der Waals surface area contributed by atoms with Crippen molar-refractivity contribution in [3.8, 4) is 5.75 Å². The van der Waals surface area contributed by atoms with Crippen LogP contribution in [0.25, 0.3) is 0 Å². The fourth-order valence-corrected chi connectivity index (χ4v) is 5.03. The second-order valence-electron chi connectivity index (χ2n) is 8.93. The van der Waals surface area contributed by atoms with E-state index < -0.39 is 0 Å². The van der Waals surface area contributed by atoms with Crippen LogP contribution in [0.15, 0.2) is 55.1 Å². The molecule has 6 heteroatoms. The van der Waals surface area contributed by atoms with Gasteiger partial charge in [-0.3, -0.25) is 9.88 Å². The number of aromatic nitrogens is 3. The number of fused-ring (bicyclic) bond motifs is 1. The Balaban J connectivity index is 1.22. The lowest BCUT2D eigenvalue weighted by atomic mass is 9.96. The second-order valence-corrected chi connectivity index (χ2v) is 8.93. The molecule has 0 saturated carbocycles. The summed E-state index contributed by atoms with van der Waals surface area (Å²) < 4.78 is 6.11. The van der Waals surface area contributed by atoms with Crippen molar-refractivity contribution in [2.24, 2.45) is 0 Å². The largest absolute Gasteiger partial charge is 0.494 e. The van der Waals surface area contributed by atoms with Gasteiger partial charge >= 0.3 is 0 Å². The Morgan fingerprint density at radius 3 is 2.88 bits per heavy atom. The minimum absolute atomic E-state index is 0.118. The summed E-state index contributed by atoms with van der Waals surface area (Å²) in [6.07, 6.45) is 11.8. The SMILES string of the molecule is c1cc(CN2CCc3[nH]cnc3C2c2cccnc2)cc(OCCCN2CCCCC2)c1. The van der Waals surface area contributed by atoms with Gasteiger partial charge in [0, 0.05) is 44.1 Å². The second kappa shape index (κ2) is 10.3. The number of aromatic amines is 1. The van der Waals surface area contributed by atoms with Crippen LogP contribution in [0.3, 0.4) is 0 Å². The quantitative estimate of drug-likeness (QED) is 0.542. The van der Waals surface area contributed by atoms with Gasteiger partial charge in [0.15, 0.2) is 0 Å². The van der Waals surface area contributed by atoms with Gasteiger partial charge in [-0.25, -0.2) is 4.98 Å². The number of benzene rings is 1. The van der Waals surface area contributed by atoms with Crippen LogP contribution in [-0.4, -0.2) is 57.5 Å². The molecule has 1 atom stereocenters. The highest BCUT2D eigenvalue weighted by molar-refractivity contribution is 5.33. The standard InChI is InChI=1S/C26H33N5O/c1-2-12-30(13-3-1)14-6-16-32-23-9-4-7-21(17-23)19-31-15-10-24-25(29-20-28-24)26(31)22-8-5-11-27-18-22/h4-5,7-9,11,17-18,20,26H,1-3,6,10,12-16,19H2,(H,28,29). The topological polar surface area (TPSA) is 57.3 Å². The molecule has 5 rings (SSSR count). The summed E-state index contributed by atoms with van der Waals surface area (Å²) in [5.41, 5.74) is 4.81. The first-order valence-electron chi connectivity index (χ1n) is 12.0. The van der Waals surface area contributed by atoms with Crippen molar-refractivity contribution in [3.63, 3.8) is 0 Å². The third kappa shape index (κ3) is 5.03. The predicted octanol–water partition coefficient (Wildman–Crippen LogP) is 4.21. The minimum Gasteiger partial charge on any atom is -0.494 e. The molecule has 1 fully saturated rings. The van der Waals surface area contributed by atoms with Crippen molar-refractivity contribution in [2.45, 2.75) is 44.7 Å². The molecule has 1 aromatic carbocycles. The molecule has 1 unspecified atom stereocenters. The highest BCUT2D eigenvalue weighted by Gasteiger charge is 2.31. The molecule has 0 amide bonds. The van der Waals surface area contributed by atoms with Gasteiger partial charge < -0.3 is 14.6 Å². The van der Waals surface area contributed by atoms with Crippen molar-refractivity contribution in [3.05, 3.63) is 77.6 Å². The zero-order valence-electron chi connectivity index (χ0n) is 18.7. The van der Waals surface area contributed by atoms with Crippen LogP contribution in [0.2, 0.25) is 0 Å². The number of pyridine rings is 1. The van der Waals surface area contributed by atoms with Crippen LogP contribution < -0.4 is 4.74 Å². The summed E-state index contributed by atoms with van der Waals surface area (Å²) in [6.45, 7) is 6.26. The summed E-state index contributed by atoms with van der Waals surface area (Å²) in [5, 5.41) is 0. The Kier molecular flexibility index (Phi) is 6.80. The van der Waals surface area contributed by atoms with Gasteiger partial charge in [0.25, 0.3) is 0 Å². The number of imidazole rings is 1. The monoisotopic (exact) mass is 431 g/mol. The average molecular weight is 432 g/mol. The van der Waals surface area contributed by atoms with Gasteiger partial charge in [-0.1, -0.05) is 24.6 Å². The normalized spacial score (nSPS) is 19.6. The molecule has 0 aliphatic carbocycles.